The zero-order valence-corrected chi connectivity index (χ0v) is 11.4. The van der Waals surface area contributed by atoms with E-state index in [0.29, 0.717) is 6.04 Å². The van der Waals surface area contributed by atoms with Gasteiger partial charge in [0.05, 0.1) is 0 Å². The van der Waals surface area contributed by atoms with E-state index < -0.39 is 5.97 Å². The van der Waals surface area contributed by atoms with Crippen LogP contribution in [-0.2, 0) is 4.79 Å². The lowest BCUT2D eigenvalue weighted by atomic mass is 10.0. The number of nitrogens with zero attached hydrogens (tertiary/aromatic N) is 1. The number of carboxylic acid groups (broad SMARTS) is 1. The second-order valence-corrected chi connectivity index (χ2v) is 6.00. The molecule has 0 bridgehead atoms. The van der Waals surface area contributed by atoms with E-state index in [0.717, 1.165) is 44.8 Å². The quantitative estimate of drug-likeness (QED) is 0.757. The van der Waals surface area contributed by atoms with Crippen LogP contribution in [0.2, 0.25) is 0 Å². The topological polar surface area (TPSA) is 52.6 Å². The summed E-state index contributed by atoms with van der Waals surface area (Å²) in [6, 6.07) is 0.119. The van der Waals surface area contributed by atoms with Gasteiger partial charge in [-0.2, -0.15) is 0 Å². The van der Waals surface area contributed by atoms with E-state index in [1.807, 2.05) is 0 Å². The van der Waals surface area contributed by atoms with Gasteiger partial charge in [0.1, 0.15) is 6.04 Å². The Morgan fingerprint density at radius 2 is 2.11 bits per heavy atom. The van der Waals surface area contributed by atoms with Crippen LogP contribution in [0.25, 0.3) is 0 Å². The predicted octanol–water partition coefficient (Wildman–Crippen LogP) is 1.70. The molecule has 1 heterocycles. The van der Waals surface area contributed by atoms with Crippen LogP contribution in [0.3, 0.4) is 0 Å². The van der Waals surface area contributed by atoms with Crippen molar-refractivity contribution in [3.8, 4) is 0 Å². The minimum absolute atomic E-state index is 0.349. The molecule has 1 saturated heterocycles. The molecule has 2 rings (SSSR count). The van der Waals surface area contributed by atoms with Crippen LogP contribution in [0.4, 0.5) is 0 Å². The molecule has 2 N–H and O–H groups in total. The normalized spacial score (nSPS) is 27.7. The van der Waals surface area contributed by atoms with Crippen LogP contribution < -0.4 is 5.32 Å². The average molecular weight is 254 g/mol. The van der Waals surface area contributed by atoms with E-state index >= 15 is 0 Å². The van der Waals surface area contributed by atoms with Crippen molar-refractivity contribution in [1.29, 1.82) is 0 Å². The lowest BCUT2D eigenvalue weighted by Crippen LogP contribution is -2.41. The highest BCUT2D eigenvalue weighted by Crippen LogP contribution is 2.20. The molecular weight excluding hydrogens is 228 g/mol. The van der Waals surface area contributed by atoms with Gasteiger partial charge < -0.3 is 15.3 Å². The van der Waals surface area contributed by atoms with E-state index in [9.17, 15) is 9.90 Å². The van der Waals surface area contributed by atoms with E-state index in [1.165, 1.54) is 19.3 Å². The molecular formula is C14H26N2O2. The predicted molar refractivity (Wildman–Crippen MR) is 71.7 cm³/mol. The Bertz CT molecular complexity index is 279. The molecule has 2 fully saturated rings. The number of likely N-dealkylation sites (tertiary alicyclic amines) is 1. The smallest absolute Gasteiger partial charge is 0.320 e. The number of rotatable bonds is 6. The van der Waals surface area contributed by atoms with E-state index in [1.54, 1.807) is 0 Å². The third kappa shape index (κ3) is 4.58. The zero-order chi connectivity index (χ0) is 13.0. The second-order valence-electron chi connectivity index (χ2n) is 6.00. The molecule has 2 aliphatic rings. The summed E-state index contributed by atoms with van der Waals surface area (Å²) < 4.78 is 0. The number of nitrogens with one attached hydrogen (secondary N) is 1. The minimum atomic E-state index is -0.690. The Balaban J connectivity index is 1.72. The van der Waals surface area contributed by atoms with Gasteiger partial charge in [-0.05, 0) is 57.5 Å². The summed E-state index contributed by atoms with van der Waals surface area (Å²) in [4.78, 5) is 13.6. The average Bonchev–Trinajstić information content (AvgIpc) is 3.13. The molecule has 1 saturated carbocycles. The SMILES string of the molecule is CC1CCCN(CCC(NC2CC2)C(=O)O)CC1. The Kier molecular flexibility index (Phi) is 5.01. The van der Waals surface area contributed by atoms with Crippen LogP contribution in [0.1, 0.15) is 45.4 Å². The molecule has 2 atom stereocenters. The third-order valence-electron chi connectivity index (χ3n) is 4.16. The van der Waals surface area contributed by atoms with E-state index in [4.69, 9.17) is 0 Å². The monoisotopic (exact) mass is 254 g/mol. The lowest BCUT2D eigenvalue weighted by Gasteiger charge is -2.22. The molecule has 18 heavy (non-hydrogen) atoms. The fourth-order valence-electron chi connectivity index (χ4n) is 2.67. The van der Waals surface area contributed by atoms with Crippen LogP contribution >= 0.6 is 0 Å². The summed E-state index contributed by atoms with van der Waals surface area (Å²) in [6.45, 7) is 5.51. The van der Waals surface area contributed by atoms with Gasteiger partial charge in [0.25, 0.3) is 0 Å². The summed E-state index contributed by atoms with van der Waals surface area (Å²) in [5, 5.41) is 12.4. The second kappa shape index (κ2) is 6.53. The van der Waals surface area contributed by atoms with Crippen molar-refractivity contribution in [2.75, 3.05) is 19.6 Å². The molecule has 0 spiro atoms. The summed E-state index contributed by atoms with van der Waals surface area (Å²) in [6.07, 6.45) is 6.86. The molecule has 0 radical (unpaired) electrons. The van der Waals surface area contributed by atoms with Crippen molar-refractivity contribution in [3.63, 3.8) is 0 Å². The summed E-state index contributed by atoms with van der Waals surface area (Å²) in [5.41, 5.74) is 0. The molecule has 0 aromatic carbocycles. The van der Waals surface area contributed by atoms with Crippen LogP contribution in [0, 0.1) is 5.92 Å². The Morgan fingerprint density at radius 1 is 1.33 bits per heavy atom. The first kappa shape index (κ1) is 13.8. The van der Waals surface area contributed by atoms with Crippen LogP contribution in [0.5, 0.6) is 0 Å². The summed E-state index contributed by atoms with van der Waals surface area (Å²) in [7, 11) is 0. The lowest BCUT2D eigenvalue weighted by molar-refractivity contribution is -0.139. The maximum Gasteiger partial charge on any atom is 0.320 e. The highest BCUT2D eigenvalue weighted by atomic mass is 16.4. The van der Waals surface area contributed by atoms with Gasteiger partial charge in [-0.3, -0.25) is 4.79 Å². The largest absolute Gasteiger partial charge is 0.480 e. The molecule has 1 aliphatic heterocycles. The van der Waals surface area contributed by atoms with Gasteiger partial charge in [0, 0.05) is 12.6 Å². The van der Waals surface area contributed by atoms with Crippen molar-refractivity contribution >= 4 is 5.97 Å². The molecule has 4 nitrogen and oxygen atoms in total. The third-order valence-corrected chi connectivity index (χ3v) is 4.16. The molecule has 0 amide bonds. The molecule has 4 heteroatoms. The van der Waals surface area contributed by atoms with Crippen LogP contribution in [0.15, 0.2) is 0 Å². The molecule has 1 aliphatic carbocycles. The zero-order valence-electron chi connectivity index (χ0n) is 11.4. The number of hydrogen-bond donors (Lipinski definition) is 2. The highest BCUT2D eigenvalue weighted by molar-refractivity contribution is 5.73. The minimum Gasteiger partial charge on any atom is -0.480 e. The van der Waals surface area contributed by atoms with Gasteiger partial charge in [-0.25, -0.2) is 0 Å². The first-order chi connectivity index (χ1) is 8.65. The first-order valence-electron chi connectivity index (χ1n) is 7.36. The van der Waals surface area contributed by atoms with Crippen LogP contribution in [-0.4, -0.2) is 47.7 Å². The fourth-order valence-corrected chi connectivity index (χ4v) is 2.67. The van der Waals surface area contributed by atoms with Gasteiger partial charge in [-0.1, -0.05) is 6.92 Å². The van der Waals surface area contributed by atoms with Gasteiger partial charge in [-0.15, -0.1) is 0 Å². The summed E-state index contributed by atoms with van der Waals surface area (Å²) >= 11 is 0. The Morgan fingerprint density at radius 3 is 2.78 bits per heavy atom. The van der Waals surface area contributed by atoms with Gasteiger partial charge in [0.2, 0.25) is 0 Å². The van der Waals surface area contributed by atoms with E-state index in [2.05, 4.69) is 17.1 Å². The number of hydrogen-bond acceptors (Lipinski definition) is 3. The fraction of sp³-hybridized carbons (Fsp3) is 0.929. The number of aliphatic carboxylic acids is 1. The Hall–Kier alpha value is -0.610. The number of carbonyl (C=O) groups is 1. The van der Waals surface area contributed by atoms with Gasteiger partial charge >= 0.3 is 5.97 Å². The highest BCUT2D eigenvalue weighted by Gasteiger charge is 2.28. The maximum absolute atomic E-state index is 11.2. The number of carboxylic acids is 1. The van der Waals surface area contributed by atoms with Crippen molar-refractivity contribution in [2.45, 2.75) is 57.5 Å². The maximum atomic E-state index is 11.2. The van der Waals surface area contributed by atoms with Gasteiger partial charge in [0.15, 0.2) is 0 Å². The molecule has 0 aromatic rings. The molecule has 104 valence electrons. The van der Waals surface area contributed by atoms with E-state index in [-0.39, 0.29) is 6.04 Å². The van der Waals surface area contributed by atoms with Crippen molar-refractivity contribution < 1.29 is 9.90 Å². The molecule has 0 aromatic heterocycles. The van der Waals surface area contributed by atoms with Crippen molar-refractivity contribution in [2.24, 2.45) is 5.92 Å². The summed E-state index contributed by atoms with van der Waals surface area (Å²) in [5.74, 6) is 0.139. The van der Waals surface area contributed by atoms with Crippen molar-refractivity contribution in [1.82, 2.24) is 10.2 Å². The van der Waals surface area contributed by atoms with Crippen molar-refractivity contribution in [3.05, 3.63) is 0 Å². The standard InChI is InChI=1S/C14H26N2O2/c1-11-3-2-8-16(9-6-11)10-7-13(14(17)18)15-12-4-5-12/h11-13,15H,2-10H2,1H3,(H,17,18). The Labute approximate surface area is 110 Å². The molecule has 2 unspecified atom stereocenters. The first-order valence-corrected chi connectivity index (χ1v) is 7.36.